The second-order valence-corrected chi connectivity index (χ2v) is 10.2. The number of sulfonamides is 1. The third-order valence-corrected chi connectivity index (χ3v) is 8.95. The number of piperidine rings is 1. The molecule has 7 heteroatoms. The van der Waals surface area contributed by atoms with Gasteiger partial charge < -0.3 is 4.74 Å². The molecule has 3 aliphatic rings. The zero-order valence-corrected chi connectivity index (χ0v) is 16.2. The Morgan fingerprint density at radius 1 is 1.28 bits per heavy atom. The van der Waals surface area contributed by atoms with Crippen LogP contribution < -0.4 is 0 Å². The van der Waals surface area contributed by atoms with E-state index in [4.69, 9.17) is 4.74 Å². The first-order valence-corrected chi connectivity index (χ1v) is 11.0. The van der Waals surface area contributed by atoms with Crippen molar-refractivity contribution < 1.29 is 22.7 Å². The van der Waals surface area contributed by atoms with Crippen molar-refractivity contribution in [1.82, 2.24) is 4.31 Å². The molecular weight excluding hydrogens is 342 g/mol. The summed E-state index contributed by atoms with van der Waals surface area (Å²) >= 11 is 0. The van der Waals surface area contributed by atoms with Crippen molar-refractivity contribution in [3.05, 3.63) is 0 Å². The van der Waals surface area contributed by atoms with Crippen LogP contribution in [0.15, 0.2) is 0 Å². The summed E-state index contributed by atoms with van der Waals surface area (Å²) in [4.78, 5) is 24.9. The van der Waals surface area contributed by atoms with Gasteiger partial charge in [-0.25, -0.2) is 8.42 Å². The fraction of sp³-hybridized carbons (Fsp3) is 0.889. The van der Waals surface area contributed by atoms with Gasteiger partial charge in [0.15, 0.2) is 0 Å². The highest BCUT2D eigenvalue weighted by molar-refractivity contribution is 7.89. The number of carbonyl (C=O) groups is 2. The number of hydrogen-bond donors (Lipinski definition) is 0. The summed E-state index contributed by atoms with van der Waals surface area (Å²) in [5.41, 5.74) is -1.10. The molecule has 0 aromatic heterocycles. The minimum absolute atomic E-state index is 0.0852. The SMILES string of the molecule is CCOC(=O)[C@H]1CCCCN1S(=O)(=O)C[C@@]12CC[C@@H](CC1=O)C2(C)C. The maximum absolute atomic E-state index is 13.2. The van der Waals surface area contributed by atoms with Gasteiger partial charge in [0.1, 0.15) is 11.8 Å². The lowest BCUT2D eigenvalue weighted by molar-refractivity contribution is -0.148. The number of esters is 1. The zero-order chi connectivity index (χ0) is 18.5. The molecule has 0 aromatic carbocycles. The van der Waals surface area contributed by atoms with E-state index in [1.807, 2.05) is 13.8 Å². The number of rotatable bonds is 5. The normalized spacial score (nSPS) is 35.1. The molecule has 0 unspecified atom stereocenters. The Morgan fingerprint density at radius 3 is 2.56 bits per heavy atom. The van der Waals surface area contributed by atoms with Crippen LogP contribution in [0, 0.1) is 16.7 Å². The first-order chi connectivity index (χ1) is 11.7. The van der Waals surface area contributed by atoms with Gasteiger partial charge in [-0.1, -0.05) is 13.8 Å². The molecule has 0 aromatic rings. The van der Waals surface area contributed by atoms with Crippen molar-refractivity contribution in [2.45, 2.75) is 65.3 Å². The Kier molecular flexibility index (Phi) is 4.77. The molecule has 25 heavy (non-hydrogen) atoms. The summed E-state index contributed by atoms with van der Waals surface area (Å²) in [7, 11) is -3.72. The van der Waals surface area contributed by atoms with Crippen LogP contribution in [0.5, 0.6) is 0 Å². The monoisotopic (exact) mass is 371 g/mol. The molecule has 0 amide bonds. The van der Waals surface area contributed by atoms with E-state index in [0.29, 0.717) is 25.8 Å². The van der Waals surface area contributed by atoms with E-state index in [2.05, 4.69) is 0 Å². The third kappa shape index (κ3) is 2.83. The topological polar surface area (TPSA) is 80.8 Å². The van der Waals surface area contributed by atoms with Crippen LogP contribution in [0.1, 0.15) is 59.3 Å². The van der Waals surface area contributed by atoms with E-state index in [0.717, 1.165) is 19.3 Å². The molecule has 0 N–H and O–H groups in total. The predicted octanol–water partition coefficient (Wildman–Crippen LogP) is 2.13. The average molecular weight is 371 g/mol. The van der Waals surface area contributed by atoms with E-state index in [1.54, 1.807) is 6.92 Å². The number of Topliss-reactive ketones (excluding diaryl/α,β-unsaturated/α-hetero) is 1. The number of fused-ring (bicyclic) bond motifs is 2. The Bertz CT molecular complexity index is 671. The van der Waals surface area contributed by atoms with Crippen LogP contribution >= 0.6 is 0 Å². The summed E-state index contributed by atoms with van der Waals surface area (Å²) in [5.74, 6) is -0.276. The van der Waals surface area contributed by atoms with Crippen LogP contribution in [0.2, 0.25) is 0 Å². The van der Waals surface area contributed by atoms with E-state index >= 15 is 0 Å². The second-order valence-electron chi connectivity index (χ2n) is 8.30. The van der Waals surface area contributed by atoms with Crippen LogP contribution in [0.4, 0.5) is 0 Å². The smallest absolute Gasteiger partial charge is 0.324 e. The van der Waals surface area contributed by atoms with E-state index < -0.39 is 27.4 Å². The fourth-order valence-electron chi connectivity index (χ4n) is 5.21. The number of ketones is 1. The number of hydrogen-bond acceptors (Lipinski definition) is 5. The van der Waals surface area contributed by atoms with Crippen molar-refractivity contribution in [1.29, 1.82) is 0 Å². The summed E-state index contributed by atoms with van der Waals surface area (Å²) in [6, 6.07) is -0.744. The minimum atomic E-state index is -3.72. The molecule has 0 radical (unpaired) electrons. The highest BCUT2D eigenvalue weighted by Gasteiger charge is 2.65. The summed E-state index contributed by atoms with van der Waals surface area (Å²) in [6.07, 6.45) is 4.08. The highest BCUT2D eigenvalue weighted by atomic mass is 32.2. The van der Waals surface area contributed by atoms with E-state index in [9.17, 15) is 18.0 Å². The zero-order valence-electron chi connectivity index (χ0n) is 15.4. The van der Waals surface area contributed by atoms with Crippen molar-refractivity contribution >= 4 is 21.8 Å². The molecule has 0 spiro atoms. The molecule has 142 valence electrons. The number of carbonyl (C=O) groups excluding carboxylic acids is 2. The minimum Gasteiger partial charge on any atom is -0.465 e. The van der Waals surface area contributed by atoms with Crippen LogP contribution in [0.25, 0.3) is 0 Å². The Balaban J connectivity index is 1.88. The van der Waals surface area contributed by atoms with Crippen LogP contribution in [0.3, 0.4) is 0 Å². The van der Waals surface area contributed by atoms with Gasteiger partial charge in [-0.05, 0) is 50.4 Å². The summed E-state index contributed by atoms with van der Waals surface area (Å²) < 4.78 is 32.9. The maximum atomic E-state index is 13.2. The molecule has 3 fully saturated rings. The molecule has 2 aliphatic carbocycles. The first-order valence-electron chi connectivity index (χ1n) is 9.35. The van der Waals surface area contributed by atoms with E-state index in [-0.39, 0.29) is 29.5 Å². The molecule has 1 saturated heterocycles. The van der Waals surface area contributed by atoms with Crippen molar-refractivity contribution in [3.8, 4) is 0 Å². The number of ether oxygens (including phenoxy) is 1. The molecule has 3 atom stereocenters. The molecular formula is C18H29NO5S. The van der Waals surface area contributed by atoms with Crippen LogP contribution in [-0.4, -0.2) is 49.4 Å². The standard InChI is InChI=1S/C18H29NO5S/c1-4-24-16(21)14-7-5-6-10-19(14)25(22,23)12-18-9-8-13(11-15(18)20)17(18,2)3/h13-14H,4-12H2,1-3H3/t13-,14+,18-/m0/s1. The molecule has 3 rings (SSSR count). The molecule has 2 bridgehead atoms. The van der Waals surface area contributed by atoms with Gasteiger partial charge >= 0.3 is 5.97 Å². The second kappa shape index (κ2) is 6.34. The Morgan fingerprint density at radius 2 is 2.00 bits per heavy atom. The first kappa shape index (κ1) is 18.8. The molecule has 2 saturated carbocycles. The Hall–Kier alpha value is -0.950. The maximum Gasteiger partial charge on any atom is 0.324 e. The predicted molar refractivity (Wildman–Crippen MR) is 93.3 cm³/mol. The van der Waals surface area contributed by atoms with E-state index in [1.165, 1.54) is 4.31 Å². The Labute approximate surface area is 150 Å². The summed E-state index contributed by atoms with van der Waals surface area (Å²) in [6.45, 7) is 6.35. The van der Waals surface area contributed by atoms with Crippen molar-refractivity contribution in [2.75, 3.05) is 18.9 Å². The molecule has 1 aliphatic heterocycles. The lowest BCUT2D eigenvalue weighted by atomic mass is 9.70. The van der Waals surface area contributed by atoms with Gasteiger partial charge in [-0.15, -0.1) is 0 Å². The average Bonchev–Trinajstić information content (AvgIpc) is 2.89. The van der Waals surface area contributed by atoms with Gasteiger partial charge in [0, 0.05) is 18.4 Å². The van der Waals surface area contributed by atoms with Gasteiger partial charge in [0.05, 0.1) is 12.4 Å². The van der Waals surface area contributed by atoms with Crippen molar-refractivity contribution in [3.63, 3.8) is 0 Å². The highest BCUT2D eigenvalue weighted by Crippen LogP contribution is 2.64. The number of nitrogens with zero attached hydrogens (tertiary/aromatic N) is 1. The van der Waals surface area contributed by atoms with Crippen LogP contribution in [-0.2, 0) is 24.3 Å². The largest absolute Gasteiger partial charge is 0.465 e. The fourth-order valence-corrected chi connectivity index (χ4v) is 7.67. The molecule has 1 heterocycles. The molecule has 6 nitrogen and oxygen atoms in total. The van der Waals surface area contributed by atoms with Gasteiger partial charge in [0.25, 0.3) is 0 Å². The summed E-state index contributed by atoms with van der Waals surface area (Å²) in [5, 5.41) is 0. The lowest BCUT2D eigenvalue weighted by Gasteiger charge is -2.40. The third-order valence-electron chi connectivity index (χ3n) is 6.94. The van der Waals surface area contributed by atoms with Gasteiger partial charge in [0.2, 0.25) is 10.0 Å². The van der Waals surface area contributed by atoms with Gasteiger partial charge in [-0.2, -0.15) is 4.31 Å². The van der Waals surface area contributed by atoms with Gasteiger partial charge in [-0.3, -0.25) is 9.59 Å². The lowest BCUT2D eigenvalue weighted by Crippen LogP contribution is -2.53. The quantitative estimate of drug-likeness (QED) is 0.692. The van der Waals surface area contributed by atoms with Crippen molar-refractivity contribution in [2.24, 2.45) is 16.7 Å².